The zero-order valence-corrected chi connectivity index (χ0v) is 14.9. The van der Waals surface area contributed by atoms with Crippen molar-refractivity contribution in [2.75, 3.05) is 25.0 Å². The number of hydrogen-bond acceptors (Lipinski definition) is 7. The summed E-state index contributed by atoms with van der Waals surface area (Å²) >= 11 is 0. The Bertz CT molecular complexity index is 1010. The van der Waals surface area contributed by atoms with Gasteiger partial charge in [0.05, 0.1) is 6.04 Å². The van der Waals surface area contributed by atoms with Crippen LogP contribution in [-0.4, -0.2) is 68.3 Å². The Morgan fingerprint density at radius 1 is 1.28 bits per heavy atom. The molecule has 0 radical (unpaired) electrons. The number of fused-ring (bicyclic) bond motifs is 1. The highest BCUT2D eigenvalue weighted by atomic mass is 32.2. The number of sulfonamides is 1. The van der Waals surface area contributed by atoms with Crippen LogP contribution in [0.2, 0.25) is 0 Å². The Hall–Kier alpha value is -2.53. The van der Waals surface area contributed by atoms with E-state index in [0.29, 0.717) is 24.6 Å². The summed E-state index contributed by atoms with van der Waals surface area (Å²) in [6.45, 7) is 2.92. The molecule has 0 atom stereocenters. The molecule has 10 nitrogen and oxygen atoms in total. The van der Waals surface area contributed by atoms with E-state index in [4.69, 9.17) is 0 Å². The highest BCUT2D eigenvalue weighted by molar-refractivity contribution is 7.89. The number of likely N-dealkylation sites (N-methyl/N-ethyl adjacent to an activating group) is 1. The summed E-state index contributed by atoms with van der Waals surface area (Å²) in [5.74, 6) is 1.43. The van der Waals surface area contributed by atoms with E-state index in [1.807, 2.05) is 17.0 Å². The largest absolute Gasteiger partial charge is 0.352 e. The molecular weight excluding hydrogens is 344 g/mol. The average molecular weight is 362 g/mol. The summed E-state index contributed by atoms with van der Waals surface area (Å²) < 4.78 is 30.1. The summed E-state index contributed by atoms with van der Waals surface area (Å²) in [5.41, 5.74) is 0.672. The van der Waals surface area contributed by atoms with Crippen molar-refractivity contribution in [1.29, 1.82) is 0 Å². The molecule has 11 heteroatoms. The molecule has 4 heterocycles. The molecule has 0 N–H and O–H groups in total. The molecule has 132 valence electrons. The molecule has 0 amide bonds. The van der Waals surface area contributed by atoms with Crippen LogP contribution in [0, 0.1) is 6.92 Å². The number of aryl methyl sites for hydroxylation is 2. The third kappa shape index (κ3) is 2.55. The molecule has 0 bridgehead atoms. The molecule has 3 aromatic heterocycles. The van der Waals surface area contributed by atoms with Crippen LogP contribution in [0.15, 0.2) is 29.7 Å². The van der Waals surface area contributed by atoms with Gasteiger partial charge in [-0.25, -0.2) is 13.4 Å². The van der Waals surface area contributed by atoms with Crippen LogP contribution in [0.3, 0.4) is 0 Å². The molecule has 1 aliphatic rings. The topological polar surface area (TPSA) is 102 Å². The molecule has 3 aromatic rings. The van der Waals surface area contributed by atoms with Crippen molar-refractivity contribution in [3.05, 3.63) is 30.5 Å². The standard InChI is InChI=1S/C14H18N8O2S/c1-10-16-14(8-19(10)2)25(23,24)20(3)11-6-21(7-11)13-5-4-12-17-15-9-22(12)18-13/h4-5,8-9,11H,6-7H2,1-3H3. The summed E-state index contributed by atoms with van der Waals surface area (Å²) in [5, 5.41) is 12.2. The first-order valence-electron chi connectivity index (χ1n) is 7.76. The fourth-order valence-electron chi connectivity index (χ4n) is 2.75. The predicted molar refractivity (Wildman–Crippen MR) is 89.7 cm³/mol. The smallest absolute Gasteiger partial charge is 0.262 e. The summed E-state index contributed by atoms with van der Waals surface area (Å²) in [6.07, 6.45) is 3.08. The quantitative estimate of drug-likeness (QED) is 0.626. The van der Waals surface area contributed by atoms with Gasteiger partial charge in [-0.1, -0.05) is 0 Å². The number of anilines is 1. The minimum atomic E-state index is -3.60. The first kappa shape index (κ1) is 16.0. The first-order valence-corrected chi connectivity index (χ1v) is 9.20. The van der Waals surface area contributed by atoms with Gasteiger partial charge in [0.25, 0.3) is 10.0 Å². The third-order valence-corrected chi connectivity index (χ3v) is 6.36. The second kappa shape index (κ2) is 5.49. The first-order chi connectivity index (χ1) is 11.9. The number of aromatic nitrogens is 6. The molecule has 0 aliphatic carbocycles. The Kier molecular flexibility index (Phi) is 3.51. The predicted octanol–water partition coefficient (Wildman–Crippen LogP) is -0.324. The molecule has 1 saturated heterocycles. The zero-order chi connectivity index (χ0) is 17.8. The fraction of sp³-hybridized carbons (Fsp3) is 0.429. The second-order valence-electron chi connectivity index (χ2n) is 6.14. The Morgan fingerprint density at radius 2 is 2.04 bits per heavy atom. The van der Waals surface area contributed by atoms with E-state index >= 15 is 0 Å². The van der Waals surface area contributed by atoms with Gasteiger partial charge in [-0.15, -0.1) is 15.3 Å². The maximum Gasteiger partial charge on any atom is 0.262 e. The highest BCUT2D eigenvalue weighted by Gasteiger charge is 2.38. The number of hydrogen-bond donors (Lipinski definition) is 0. The van der Waals surface area contributed by atoms with Gasteiger partial charge in [0.1, 0.15) is 18.0 Å². The van der Waals surface area contributed by atoms with Crippen LogP contribution in [0.5, 0.6) is 0 Å². The van der Waals surface area contributed by atoms with Crippen molar-refractivity contribution in [3.8, 4) is 0 Å². The van der Waals surface area contributed by atoms with Crippen molar-refractivity contribution in [1.82, 2.24) is 33.7 Å². The van der Waals surface area contributed by atoms with Crippen LogP contribution >= 0.6 is 0 Å². The third-order valence-electron chi connectivity index (χ3n) is 4.58. The van der Waals surface area contributed by atoms with Crippen molar-refractivity contribution in [2.24, 2.45) is 7.05 Å². The van der Waals surface area contributed by atoms with Gasteiger partial charge in [-0.05, 0) is 19.1 Å². The van der Waals surface area contributed by atoms with E-state index < -0.39 is 10.0 Å². The molecule has 0 spiro atoms. The van der Waals surface area contributed by atoms with Gasteiger partial charge in [0.2, 0.25) is 0 Å². The summed E-state index contributed by atoms with van der Waals surface area (Å²) in [4.78, 5) is 6.15. The Balaban J connectivity index is 1.49. The van der Waals surface area contributed by atoms with Crippen molar-refractivity contribution in [2.45, 2.75) is 18.0 Å². The molecule has 25 heavy (non-hydrogen) atoms. The summed E-state index contributed by atoms with van der Waals surface area (Å²) in [7, 11) is -0.231. The fourth-order valence-corrected chi connectivity index (χ4v) is 4.11. The Labute approximate surface area is 144 Å². The maximum atomic E-state index is 12.7. The maximum absolute atomic E-state index is 12.7. The molecule has 1 fully saturated rings. The van der Waals surface area contributed by atoms with E-state index in [2.05, 4.69) is 20.3 Å². The Morgan fingerprint density at radius 3 is 2.72 bits per heavy atom. The van der Waals surface area contributed by atoms with Gasteiger partial charge in [-0.3, -0.25) is 0 Å². The number of rotatable bonds is 4. The van der Waals surface area contributed by atoms with E-state index in [0.717, 1.165) is 5.82 Å². The summed E-state index contributed by atoms with van der Waals surface area (Å²) in [6, 6.07) is 3.57. The van der Waals surface area contributed by atoms with Crippen molar-refractivity contribution in [3.63, 3.8) is 0 Å². The van der Waals surface area contributed by atoms with Gasteiger partial charge in [-0.2, -0.15) is 8.82 Å². The molecule has 0 aromatic carbocycles. The van der Waals surface area contributed by atoms with E-state index in [1.54, 1.807) is 36.3 Å². The van der Waals surface area contributed by atoms with Gasteiger partial charge in [0, 0.05) is 33.4 Å². The second-order valence-corrected chi connectivity index (χ2v) is 8.09. The van der Waals surface area contributed by atoms with Crippen molar-refractivity contribution < 1.29 is 8.42 Å². The number of nitrogens with zero attached hydrogens (tertiary/aromatic N) is 8. The van der Waals surface area contributed by atoms with Crippen LogP contribution in [-0.2, 0) is 17.1 Å². The van der Waals surface area contributed by atoms with Gasteiger partial charge < -0.3 is 9.47 Å². The molecule has 0 saturated carbocycles. The lowest BCUT2D eigenvalue weighted by atomic mass is 10.1. The number of imidazole rings is 1. The average Bonchev–Trinajstić information content (AvgIpc) is 3.12. The van der Waals surface area contributed by atoms with E-state index in [1.165, 1.54) is 10.6 Å². The van der Waals surface area contributed by atoms with Gasteiger partial charge >= 0.3 is 0 Å². The SMILES string of the molecule is Cc1nc(S(=O)(=O)N(C)C2CN(c3ccc4nncn4n3)C2)cn1C. The van der Waals surface area contributed by atoms with E-state index in [-0.39, 0.29) is 11.1 Å². The van der Waals surface area contributed by atoms with Crippen LogP contribution in [0.4, 0.5) is 5.82 Å². The minimum absolute atomic E-state index is 0.0810. The van der Waals surface area contributed by atoms with Crippen LogP contribution in [0.25, 0.3) is 5.65 Å². The minimum Gasteiger partial charge on any atom is -0.352 e. The highest BCUT2D eigenvalue weighted by Crippen LogP contribution is 2.25. The lowest BCUT2D eigenvalue weighted by Crippen LogP contribution is -2.60. The van der Waals surface area contributed by atoms with Gasteiger partial charge in [0.15, 0.2) is 10.7 Å². The van der Waals surface area contributed by atoms with Crippen LogP contribution < -0.4 is 4.90 Å². The van der Waals surface area contributed by atoms with Crippen molar-refractivity contribution >= 4 is 21.5 Å². The van der Waals surface area contributed by atoms with E-state index in [9.17, 15) is 8.42 Å². The normalized spacial score (nSPS) is 15.9. The lowest BCUT2D eigenvalue weighted by Gasteiger charge is -2.43. The molecule has 0 unspecified atom stereocenters. The molecular formula is C14H18N8O2S. The lowest BCUT2D eigenvalue weighted by molar-refractivity contribution is 0.308. The molecule has 1 aliphatic heterocycles. The molecule has 4 rings (SSSR count). The van der Waals surface area contributed by atoms with Crippen LogP contribution in [0.1, 0.15) is 5.82 Å². The zero-order valence-electron chi connectivity index (χ0n) is 14.1. The monoisotopic (exact) mass is 362 g/mol.